The van der Waals surface area contributed by atoms with Gasteiger partial charge in [-0.15, -0.1) is 11.3 Å². The Labute approximate surface area is 204 Å². The molecule has 2 aromatic heterocycles. The third kappa shape index (κ3) is 7.36. The number of aryl methyl sites for hydroxylation is 1. The van der Waals surface area contributed by atoms with Crippen LogP contribution in [0.4, 0.5) is 5.95 Å². The molecule has 0 spiro atoms. The maximum atomic E-state index is 12.2. The molecular formula is C25H30N6O2S. The van der Waals surface area contributed by atoms with E-state index in [0.717, 1.165) is 67.1 Å². The fourth-order valence-electron chi connectivity index (χ4n) is 3.71. The molecule has 178 valence electrons. The Kier molecular flexibility index (Phi) is 8.59. The molecule has 1 aliphatic rings. The highest BCUT2D eigenvalue weighted by molar-refractivity contribution is 7.09. The minimum Gasteiger partial charge on any atom is -0.487 e. The number of aromatic nitrogens is 3. The molecule has 4 rings (SSSR count). The second-order valence-corrected chi connectivity index (χ2v) is 9.14. The van der Waals surface area contributed by atoms with Crippen molar-refractivity contribution in [3.05, 3.63) is 70.4 Å². The van der Waals surface area contributed by atoms with Crippen molar-refractivity contribution < 1.29 is 9.53 Å². The first-order chi connectivity index (χ1) is 16.7. The van der Waals surface area contributed by atoms with E-state index >= 15 is 0 Å². The molecule has 8 nitrogen and oxygen atoms in total. The number of ether oxygens (including phenoxy) is 1. The lowest BCUT2D eigenvalue weighted by Gasteiger charge is -2.34. The number of piperazine rings is 1. The highest BCUT2D eigenvalue weighted by Gasteiger charge is 2.18. The highest BCUT2D eigenvalue weighted by atomic mass is 32.1. The van der Waals surface area contributed by atoms with Gasteiger partial charge in [0.1, 0.15) is 12.4 Å². The van der Waals surface area contributed by atoms with Crippen molar-refractivity contribution >= 4 is 29.3 Å². The monoisotopic (exact) mass is 478 g/mol. The largest absolute Gasteiger partial charge is 0.487 e. The number of carbonyl (C=O) groups excluding carboxylic acids is 1. The molecule has 1 amide bonds. The van der Waals surface area contributed by atoms with E-state index in [2.05, 4.69) is 30.1 Å². The molecule has 1 saturated heterocycles. The van der Waals surface area contributed by atoms with Crippen LogP contribution in [-0.2, 0) is 11.4 Å². The second kappa shape index (κ2) is 12.2. The van der Waals surface area contributed by atoms with Gasteiger partial charge in [-0.05, 0) is 49.7 Å². The van der Waals surface area contributed by atoms with Gasteiger partial charge >= 0.3 is 0 Å². The van der Waals surface area contributed by atoms with Crippen LogP contribution in [0.3, 0.4) is 0 Å². The van der Waals surface area contributed by atoms with Gasteiger partial charge in [-0.3, -0.25) is 9.69 Å². The number of hydrogen-bond acceptors (Lipinski definition) is 8. The number of carbonyl (C=O) groups is 1. The van der Waals surface area contributed by atoms with E-state index in [-0.39, 0.29) is 5.91 Å². The summed E-state index contributed by atoms with van der Waals surface area (Å²) in [6.07, 6.45) is 7.85. The summed E-state index contributed by atoms with van der Waals surface area (Å²) in [6, 6.07) is 9.53. The number of rotatable bonds is 10. The van der Waals surface area contributed by atoms with Crippen LogP contribution in [0.1, 0.15) is 22.7 Å². The topological polar surface area (TPSA) is 83.5 Å². The molecule has 34 heavy (non-hydrogen) atoms. The molecule has 0 saturated carbocycles. The van der Waals surface area contributed by atoms with Crippen LogP contribution in [0.5, 0.6) is 5.75 Å². The van der Waals surface area contributed by atoms with Crippen LogP contribution >= 0.6 is 11.3 Å². The van der Waals surface area contributed by atoms with Gasteiger partial charge in [0.2, 0.25) is 11.9 Å². The Hall–Kier alpha value is -3.30. The molecule has 9 heteroatoms. The molecule has 0 radical (unpaired) electrons. The van der Waals surface area contributed by atoms with Gasteiger partial charge < -0.3 is 15.0 Å². The van der Waals surface area contributed by atoms with Crippen molar-refractivity contribution in [2.24, 2.45) is 0 Å². The Morgan fingerprint density at radius 1 is 1.18 bits per heavy atom. The summed E-state index contributed by atoms with van der Waals surface area (Å²) < 4.78 is 5.82. The minimum absolute atomic E-state index is 0.0877. The highest BCUT2D eigenvalue weighted by Crippen LogP contribution is 2.17. The van der Waals surface area contributed by atoms with Gasteiger partial charge in [-0.25, -0.2) is 15.0 Å². The average molecular weight is 479 g/mol. The molecule has 1 fully saturated rings. The van der Waals surface area contributed by atoms with Gasteiger partial charge in [0.15, 0.2) is 0 Å². The number of amides is 1. The van der Waals surface area contributed by atoms with E-state index in [9.17, 15) is 4.79 Å². The number of anilines is 1. The van der Waals surface area contributed by atoms with Crippen LogP contribution in [0.25, 0.3) is 6.08 Å². The van der Waals surface area contributed by atoms with E-state index in [4.69, 9.17) is 4.74 Å². The Balaban J connectivity index is 1.12. The summed E-state index contributed by atoms with van der Waals surface area (Å²) in [5.41, 5.74) is 1.84. The quantitative estimate of drug-likeness (QED) is 0.354. The lowest BCUT2D eigenvalue weighted by Crippen LogP contribution is -2.47. The molecule has 1 aromatic carbocycles. The van der Waals surface area contributed by atoms with Crippen molar-refractivity contribution in [2.75, 3.05) is 44.2 Å². The summed E-state index contributed by atoms with van der Waals surface area (Å²) in [7, 11) is 0. The zero-order valence-corrected chi connectivity index (χ0v) is 20.2. The van der Waals surface area contributed by atoms with E-state index < -0.39 is 0 Å². The number of hydrogen-bond donors (Lipinski definition) is 1. The number of thiazole rings is 1. The van der Waals surface area contributed by atoms with Gasteiger partial charge in [0.05, 0.1) is 10.7 Å². The maximum absolute atomic E-state index is 12.2. The van der Waals surface area contributed by atoms with E-state index in [1.807, 2.05) is 42.6 Å². The first kappa shape index (κ1) is 23.8. The molecule has 0 unspecified atom stereocenters. The van der Waals surface area contributed by atoms with Crippen molar-refractivity contribution in [1.29, 1.82) is 0 Å². The number of benzene rings is 1. The van der Waals surface area contributed by atoms with Crippen LogP contribution in [0, 0.1) is 6.92 Å². The van der Waals surface area contributed by atoms with Crippen molar-refractivity contribution in [3.63, 3.8) is 0 Å². The maximum Gasteiger partial charge on any atom is 0.243 e. The van der Waals surface area contributed by atoms with Gasteiger partial charge in [-0.1, -0.05) is 12.1 Å². The third-order valence-electron chi connectivity index (χ3n) is 5.50. The summed E-state index contributed by atoms with van der Waals surface area (Å²) in [4.78, 5) is 29.9. The molecule has 0 aliphatic carbocycles. The molecule has 1 aliphatic heterocycles. The Bertz CT molecular complexity index is 1080. The second-order valence-electron chi connectivity index (χ2n) is 8.07. The molecule has 0 bridgehead atoms. The summed E-state index contributed by atoms with van der Waals surface area (Å²) in [5.74, 6) is 1.47. The summed E-state index contributed by atoms with van der Waals surface area (Å²) in [6.45, 7) is 7.84. The van der Waals surface area contributed by atoms with Gasteiger partial charge in [0, 0.05) is 56.6 Å². The van der Waals surface area contributed by atoms with Crippen LogP contribution < -0.4 is 15.0 Å². The fourth-order valence-corrected chi connectivity index (χ4v) is 4.31. The van der Waals surface area contributed by atoms with Crippen molar-refractivity contribution in [1.82, 2.24) is 25.2 Å². The van der Waals surface area contributed by atoms with Crippen molar-refractivity contribution in [2.45, 2.75) is 20.0 Å². The smallest absolute Gasteiger partial charge is 0.243 e. The zero-order valence-electron chi connectivity index (χ0n) is 19.4. The lowest BCUT2D eigenvalue weighted by atomic mass is 10.2. The zero-order chi connectivity index (χ0) is 23.6. The van der Waals surface area contributed by atoms with Crippen molar-refractivity contribution in [3.8, 4) is 5.75 Å². The Morgan fingerprint density at radius 3 is 2.76 bits per heavy atom. The third-order valence-corrected chi connectivity index (χ3v) is 6.32. The predicted molar refractivity (Wildman–Crippen MR) is 135 cm³/mol. The van der Waals surface area contributed by atoms with Crippen LogP contribution in [0.2, 0.25) is 0 Å². The summed E-state index contributed by atoms with van der Waals surface area (Å²) >= 11 is 1.61. The normalized spacial score (nSPS) is 14.4. The van der Waals surface area contributed by atoms with E-state index in [1.54, 1.807) is 35.9 Å². The lowest BCUT2D eigenvalue weighted by molar-refractivity contribution is -0.116. The van der Waals surface area contributed by atoms with Gasteiger partial charge in [0.25, 0.3) is 0 Å². The van der Waals surface area contributed by atoms with Crippen LogP contribution in [0.15, 0.2) is 54.2 Å². The summed E-state index contributed by atoms with van der Waals surface area (Å²) in [5, 5.41) is 6.00. The standard InChI is InChI=1S/C25H30N6O2S/c1-20-29-22(19-34-20)18-33-23-6-2-5-21(17-23)7-8-24(32)26-11-4-12-30-13-15-31(16-14-30)25-27-9-3-10-28-25/h2-3,5-10,17,19H,4,11-16,18H2,1H3,(H,26,32). The SMILES string of the molecule is Cc1nc(COc2cccc(C=CC(=O)NCCCN3CCN(c4ncccn4)CC3)c2)cs1. The first-order valence-corrected chi connectivity index (χ1v) is 12.4. The Morgan fingerprint density at radius 2 is 2.00 bits per heavy atom. The number of nitrogens with zero attached hydrogens (tertiary/aromatic N) is 5. The fraction of sp³-hybridized carbons (Fsp3) is 0.360. The molecule has 0 atom stereocenters. The van der Waals surface area contributed by atoms with E-state index in [0.29, 0.717) is 13.2 Å². The minimum atomic E-state index is -0.0877. The average Bonchev–Trinajstić information content (AvgIpc) is 3.30. The predicted octanol–water partition coefficient (Wildman–Crippen LogP) is 3.16. The molecule has 3 heterocycles. The van der Waals surface area contributed by atoms with Crippen LogP contribution in [-0.4, -0.2) is 65.0 Å². The van der Waals surface area contributed by atoms with E-state index in [1.165, 1.54) is 0 Å². The molecular weight excluding hydrogens is 448 g/mol. The van der Waals surface area contributed by atoms with Gasteiger partial charge in [-0.2, -0.15) is 0 Å². The molecule has 3 aromatic rings. The first-order valence-electron chi connectivity index (χ1n) is 11.5. The molecule has 1 N–H and O–H groups in total. The number of nitrogens with one attached hydrogen (secondary N) is 1.